The standard InChI is InChI=1S/C17H20O4/c18-14(10-9-13-5-2-1-3-6-13)11-15(19)12-16-7-4-8-17(20)21-16/h1-6,8-10,14-16,18-19H,7,11-12H2/b10-9+/t14-,15+,16-/m1/s1. The topological polar surface area (TPSA) is 66.8 Å². The maximum Gasteiger partial charge on any atom is 0.330 e. The van der Waals surface area contributed by atoms with Gasteiger partial charge in [-0.25, -0.2) is 4.79 Å². The molecule has 1 aromatic carbocycles. The van der Waals surface area contributed by atoms with E-state index >= 15 is 0 Å². The van der Waals surface area contributed by atoms with Crippen molar-refractivity contribution >= 4 is 12.0 Å². The van der Waals surface area contributed by atoms with Gasteiger partial charge < -0.3 is 14.9 Å². The molecule has 2 N–H and O–H groups in total. The summed E-state index contributed by atoms with van der Waals surface area (Å²) < 4.78 is 5.08. The van der Waals surface area contributed by atoms with Crippen molar-refractivity contribution in [3.63, 3.8) is 0 Å². The Morgan fingerprint density at radius 1 is 1.29 bits per heavy atom. The first-order valence-corrected chi connectivity index (χ1v) is 7.10. The van der Waals surface area contributed by atoms with Gasteiger partial charge in [0, 0.05) is 25.3 Å². The minimum absolute atomic E-state index is 0.223. The summed E-state index contributed by atoms with van der Waals surface area (Å²) in [6.07, 6.45) is 6.05. The Morgan fingerprint density at radius 3 is 2.76 bits per heavy atom. The molecule has 0 unspecified atom stereocenters. The molecule has 1 aromatic rings. The van der Waals surface area contributed by atoms with Crippen LogP contribution in [-0.2, 0) is 9.53 Å². The van der Waals surface area contributed by atoms with Crippen LogP contribution in [0, 0.1) is 0 Å². The maximum absolute atomic E-state index is 11.1. The Balaban J connectivity index is 1.77. The molecule has 0 radical (unpaired) electrons. The molecule has 2 rings (SSSR count). The summed E-state index contributed by atoms with van der Waals surface area (Å²) in [5.74, 6) is -0.372. The van der Waals surface area contributed by atoms with Gasteiger partial charge in [-0.2, -0.15) is 0 Å². The van der Waals surface area contributed by atoms with Gasteiger partial charge in [-0.05, 0) is 5.56 Å². The summed E-state index contributed by atoms with van der Waals surface area (Å²) in [5.41, 5.74) is 0.998. The van der Waals surface area contributed by atoms with Crippen LogP contribution in [0.2, 0.25) is 0 Å². The molecule has 0 fully saturated rings. The third kappa shape index (κ3) is 5.53. The van der Waals surface area contributed by atoms with Crippen LogP contribution < -0.4 is 0 Å². The Labute approximate surface area is 124 Å². The van der Waals surface area contributed by atoms with Crippen molar-refractivity contribution in [1.29, 1.82) is 0 Å². The van der Waals surface area contributed by atoms with Crippen molar-refractivity contribution in [2.24, 2.45) is 0 Å². The number of benzene rings is 1. The number of carbonyl (C=O) groups excluding carboxylic acids is 1. The number of esters is 1. The lowest BCUT2D eigenvalue weighted by molar-refractivity contribution is -0.145. The highest BCUT2D eigenvalue weighted by molar-refractivity contribution is 5.82. The third-order valence-corrected chi connectivity index (χ3v) is 3.29. The van der Waals surface area contributed by atoms with E-state index in [9.17, 15) is 15.0 Å². The highest BCUT2D eigenvalue weighted by Gasteiger charge is 2.20. The highest BCUT2D eigenvalue weighted by Crippen LogP contribution is 2.16. The maximum atomic E-state index is 11.1. The number of carbonyl (C=O) groups is 1. The number of aliphatic hydroxyl groups is 2. The lowest BCUT2D eigenvalue weighted by atomic mass is 10.0. The fourth-order valence-corrected chi connectivity index (χ4v) is 2.26. The van der Waals surface area contributed by atoms with Crippen LogP contribution in [0.5, 0.6) is 0 Å². The van der Waals surface area contributed by atoms with Gasteiger partial charge in [0.1, 0.15) is 6.10 Å². The number of aliphatic hydroxyl groups excluding tert-OH is 2. The second-order valence-electron chi connectivity index (χ2n) is 5.16. The van der Waals surface area contributed by atoms with Crippen LogP contribution in [0.15, 0.2) is 48.6 Å². The van der Waals surface area contributed by atoms with Crippen molar-refractivity contribution in [3.05, 3.63) is 54.1 Å². The van der Waals surface area contributed by atoms with Gasteiger partial charge in [0.05, 0.1) is 12.2 Å². The number of rotatable bonds is 6. The molecular weight excluding hydrogens is 268 g/mol. The zero-order chi connectivity index (χ0) is 15.1. The Kier molecular flexibility index (Phi) is 5.72. The first kappa shape index (κ1) is 15.5. The molecule has 3 atom stereocenters. The second-order valence-corrected chi connectivity index (χ2v) is 5.16. The molecule has 4 heteroatoms. The highest BCUT2D eigenvalue weighted by atomic mass is 16.5. The minimum atomic E-state index is -0.727. The molecule has 112 valence electrons. The van der Waals surface area contributed by atoms with E-state index in [0.717, 1.165) is 5.56 Å². The molecule has 1 aliphatic rings. The summed E-state index contributed by atoms with van der Waals surface area (Å²) >= 11 is 0. The lowest BCUT2D eigenvalue weighted by Gasteiger charge is -2.22. The van der Waals surface area contributed by atoms with Crippen molar-refractivity contribution in [1.82, 2.24) is 0 Å². The normalized spacial score (nSPS) is 21.2. The second kappa shape index (κ2) is 7.76. The van der Waals surface area contributed by atoms with Gasteiger partial charge >= 0.3 is 5.97 Å². The third-order valence-electron chi connectivity index (χ3n) is 3.29. The smallest absolute Gasteiger partial charge is 0.330 e. The minimum Gasteiger partial charge on any atom is -0.459 e. The predicted molar refractivity (Wildman–Crippen MR) is 80.4 cm³/mol. The molecule has 0 aliphatic carbocycles. The molecule has 0 saturated carbocycles. The first-order valence-electron chi connectivity index (χ1n) is 7.10. The summed E-state index contributed by atoms with van der Waals surface area (Å²) in [4.78, 5) is 11.1. The van der Waals surface area contributed by atoms with Crippen LogP contribution in [-0.4, -0.2) is 34.5 Å². The van der Waals surface area contributed by atoms with Gasteiger partial charge in [-0.3, -0.25) is 0 Å². The number of ether oxygens (including phenoxy) is 1. The molecule has 4 nitrogen and oxygen atoms in total. The van der Waals surface area contributed by atoms with Gasteiger partial charge in [0.2, 0.25) is 0 Å². The lowest BCUT2D eigenvalue weighted by Crippen LogP contribution is -2.27. The quantitative estimate of drug-likeness (QED) is 0.786. The van der Waals surface area contributed by atoms with Crippen molar-refractivity contribution in [2.75, 3.05) is 0 Å². The average Bonchev–Trinajstić information content (AvgIpc) is 2.46. The largest absolute Gasteiger partial charge is 0.459 e. The summed E-state index contributed by atoms with van der Waals surface area (Å²) in [7, 11) is 0. The number of cyclic esters (lactones) is 1. The van der Waals surface area contributed by atoms with Gasteiger partial charge in [0.15, 0.2) is 0 Å². The molecule has 21 heavy (non-hydrogen) atoms. The molecule has 0 aromatic heterocycles. The van der Waals surface area contributed by atoms with E-state index in [1.165, 1.54) is 6.08 Å². The summed E-state index contributed by atoms with van der Waals surface area (Å²) in [5, 5.41) is 19.8. The zero-order valence-corrected chi connectivity index (χ0v) is 11.8. The van der Waals surface area contributed by atoms with Crippen LogP contribution in [0.4, 0.5) is 0 Å². The van der Waals surface area contributed by atoms with Crippen LogP contribution in [0.1, 0.15) is 24.8 Å². The van der Waals surface area contributed by atoms with Crippen molar-refractivity contribution < 1.29 is 19.7 Å². The first-order chi connectivity index (χ1) is 10.1. The summed E-state index contributed by atoms with van der Waals surface area (Å²) in [6.45, 7) is 0. The Bertz CT molecular complexity index is 507. The van der Waals surface area contributed by atoms with Gasteiger partial charge in [-0.15, -0.1) is 0 Å². The predicted octanol–water partition coefficient (Wildman–Crippen LogP) is 2.07. The SMILES string of the molecule is O=C1C=CC[C@H](C[C@@H](O)C[C@H](O)/C=C/c2ccccc2)O1. The van der Waals surface area contributed by atoms with E-state index in [-0.39, 0.29) is 18.5 Å². The van der Waals surface area contributed by atoms with Gasteiger partial charge in [-0.1, -0.05) is 48.6 Å². The van der Waals surface area contributed by atoms with E-state index in [1.54, 1.807) is 12.2 Å². The molecule has 1 aliphatic heterocycles. The van der Waals surface area contributed by atoms with Crippen LogP contribution in [0.25, 0.3) is 6.08 Å². The molecule has 0 amide bonds. The van der Waals surface area contributed by atoms with Crippen LogP contribution >= 0.6 is 0 Å². The van der Waals surface area contributed by atoms with Crippen molar-refractivity contribution in [2.45, 2.75) is 37.6 Å². The number of hydrogen-bond acceptors (Lipinski definition) is 4. The molecule has 0 bridgehead atoms. The monoisotopic (exact) mass is 288 g/mol. The van der Waals surface area contributed by atoms with E-state index in [0.29, 0.717) is 12.8 Å². The Morgan fingerprint density at radius 2 is 2.05 bits per heavy atom. The van der Waals surface area contributed by atoms with E-state index < -0.39 is 12.2 Å². The number of hydrogen-bond donors (Lipinski definition) is 2. The zero-order valence-electron chi connectivity index (χ0n) is 11.8. The van der Waals surface area contributed by atoms with Crippen molar-refractivity contribution in [3.8, 4) is 0 Å². The fourth-order valence-electron chi connectivity index (χ4n) is 2.26. The average molecular weight is 288 g/mol. The summed E-state index contributed by atoms with van der Waals surface area (Å²) in [6, 6.07) is 9.65. The van der Waals surface area contributed by atoms with Gasteiger partial charge in [0.25, 0.3) is 0 Å². The Hall–Kier alpha value is -1.91. The fraction of sp³-hybridized carbons (Fsp3) is 0.353. The van der Waals surface area contributed by atoms with E-state index in [4.69, 9.17) is 4.74 Å². The van der Waals surface area contributed by atoms with Crippen LogP contribution in [0.3, 0.4) is 0 Å². The van der Waals surface area contributed by atoms with E-state index in [1.807, 2.05) is 36.4 Å². The molecule has 0 saturated heterocycles. The molecular formula is C17H20O4. The molecule has 0 spiro atoms. The molecule has 1 heterocycles. The van der Waals surface area contributed by atoms with E-state index in [2.05, 4.69) is 0 Å².